The van der Waals surface area contributed by atoms with E-state index in [0.717, 1.165) is 26.2 Å². The van der Waals surface area contributed by atoms with Gasteiger partial charge in [-0.15, -0.1) is 0 Å². The molecular formula is C14H19N3O4. The first-order chi connectivity index (χ1) is 10.1. The molecule has 0 bridgehead atoms. The number of non-ortho nitro benzene ring substituents is 1. The third-order valence-electron chi connectivity index (χ3n) is 3.65. The SMILES string of the molecule is O=C(CN1CCN(CCO)CC1)c1ccc([N+](=O)[O-])cc1. The van der Waals surface area contributed by atoms with Crippen molar-refractivity contribution in [2.24, 2.45) is 0 Å². The maximum Gasteiger partial charge on any atom is 0.269 e. The lowest BCUT2D eigenvalue weighted by molar-refractivity contribution is -0.384. The lowest BCUT2D eigenvalue weighted by Crippen LogP contribution is -2.48. The maximum absolute atomic E-state index is 12.1. The predicted octanol–water partition coefficient (Wildman–Crippen LogP) is 0.387. The van der Waals surface area contributed by atoms with Crippen LogP contribution in [0.5, 0.6) is 0 Å². The second-order valence-corrected chi connectivity index (χ2v) is 5.07. The van der Waals surface area contributed by atoms with E-state index in [2.05, 4.69) is 9.80 Å². The normalized spacial score (nSPS) is 16.8. The van der Waals surface area contributed by atoms with Crippen molar-refractivity contribution in [3.63, 3.8) is 0 Å². The second-order valence-electron chi connectivity index (χ2n) is 5.07. The second kappa shape index (κ2) is 7.26. The van der Waals surface area contributed by atoms with Gasteiger partial charge in [-0.2, -0.15) is 0 Å². The Balaban J connectivity index is 1.86. The van der Waals surface area contributed by atoms with Crippen LogP contribution in [0, 0.1) is 10.1 Å². The highest BCUT2D eigenvalue weighted by molar-refractivity contribution is 5.97. The first-order valence-electron chi connectivity index (χ1n) is 6.93. The Kier molecular flexibility index (Phi) is 5.38. The Morgan fingerprint density at radius 1 is 1.14 bits per heavy atom. The number of aliphatic hydroxyl groups is 1. The molecule has 1 aromatic rings. The molecule has 1 aliphatic rings. The van der Waals surface area contributed by atoms with Gasteiger partial charge in [0.25, 0.3) is 5.69 Å². The number of β-amino-alcohol motifs (C(OH)–C–C–N with tert-alkyl or cyclic N) is 1. The standard InChI is InChI=1S/C14H19N3O4/c18-10-9-15-5-7-16(8-6-15)11-14(19)12-1-3-13(4-2-12)17(20)21/h1-4,18H,5-11H2. The van der Waals surface area contributed by atoms with Crippen molar-refractivity contribution in [1.29, 1.82) is 0 Å². The summed E-state index contributed by atoms with van der Waals surface area (Å²) in [5.41, 5.74) is 0.488. The lowest BCUT2D eigenvalue weighted by Gasteiger charge is -2.33. The zero-order valence-electron chi connectivity index (χ0n) is 11.8. The molecule has 0 spiro atoms. The van der Waals surface area contributed by atoms with E-state index in [9.17, 15) is 14.9 Å². The third kappa shape index (κ3) is 4.32. The zero-order valence-corrected chi connectivity index (χ0v) is 11.8. The minimum absolute atomic E-state index is 0.0100. The van der Waals surface area contributed by atoms with Crippen LogP contribution in [0.15, 0.2) is 24.3 Å². The minimum Gasteiger partial charge on any atom is -0.395 e. The van der Waals surface area contributed by atoms with Crippen molar-refractivity contribution in [2.75, 3.05) is 45.9 Å². The number of nitro groups is 1. The van der Waals surface area contributed by atoms with Crippen LogP contribution in [0.4, 0.5) is 5.69 Å². The monoisotopic (exact) mass is 293 g/mol. The first kappa shape index (κ1) is 15.6. The molecule has 1 aromatic carbocycles. The smallest absolute Gasteiger partial charge is 0.269 e. The van der Waals surface area contributed by atoms with E-state index in [0.29, 0.717) is 18.7 Å². The van der Waals surface area contributed by atoms with E-state index < -0.39 is 4.92 Å². The molecule has 1 N–H and O–H groups in total. The summed E-state index contributed by atoms with van der Waals surface area (Å²) in [4.78, 5) is 26.5. The van der Waals surface area contributed by atoms with Gasteiger partial charge in [0.2, 0.25) is 0 Å². The van der Waals surface area contributed by atoms with Gasteiger partial charge in [0.15, 0.2) is 5.78 Å². The van der Waals surface area contributed by atoms with Crippen LogP contribution in [0.3, 0.4) is 0 Å². The Morgan fingerprint density at radius 2 is 1.71 bits per heavy atom. The molecule has 0 aliphatic carbocycles. The number of hydrogen-bond acceptors (Lipinski definition) is 6. The van der Waals surface area contributed by atoms with Crippen LogP contribution < -0.4 is 0 Å². The maximum atomic E-state index is 12.1. The van der Waals surface area contributed by atoms with E-state index in [4.69, 9.17) is 5.11 Å². The molecule has 7 nitrogen and oxygen atoms in total. The number of ketones is 1. The lowest BCUT2D eigenvalue weighted by atomic mass is 10.1. The number of Topliss-reactive ketones (excluding diaryl/α,β-unsaturated/α-hetero) is 1. The molecule has 0 amide bonds. The topological polar surface area (TPSA) is 86.9 Å². The van der Waals surface area contributed by atoms with Gasteiger partial charge in [0.05, 0.1) is 18.1 Å². The number of nitrogens with zero attached hydrogens (tertiary/aromatic N) is 3. The van der Waals surface area contributed by atoms with E-state index in [-0.39, 0.29) is 18.1 Å². The fourth-order valence-corrected chi connectivity index (χ4v) is 2.38. The summed E-state index contributed by atoms with van der Waals surface area (Å²) in [5, 5.41) is 19.5. The Hall–Kier alpha value is -1.83. The van der Waals surface area contributed by atoms with Gasteiger partial charge in [0.1, 0.15) is 0 Å². The van der Waals surface area contributed by atoms with E-state index in [1.54, 1.807) is 0 Å². The molecule has 0 aromatic heterocycles. The predicted molar refractivity (Wildman–Crippen MR) is 77.4 cm³/mol. The molecule has 0 radical (unpaired) electrons. The first-order valence-corrected chi connectivity index (χ1v) is 6.93. The summed E-state index contributed by atoms with van der Waals surface area (Å²) in [7, 11) is 0. The van der Waals surface area contributed by atoms with Gasteiger partial charge >= 0.3 is 0 Å². The highest BCUT2D eigenvalue weighted by atomic mass is 16.6. The number of carbonyl (C=O) groups excluding carboxylic acids is 1. The van der Waals surface area contributed by atoms with Crippen molar-refractivity contribution in [3.05, 3.63) is 39.9 Å². The van der Waals surface area contributed by atoms with Crippen molar-refractivity contribution in [3.8, 4) is 0 Å². The van der Waals surface area contributed by atoms with Crippen LogP contribution in [0.1, 0.15) is 10.4 Å². The quantitative estimate of drug-likeness (QED) is 0.464. The average molecular weight is 293 g/mol. The molecule has 21 heavy (non-hydrogen) atoms. The molecule has 1 heterocycles. The Labute approximate surface area is 122 Å². The molecule has 1 fully saturated rings. The van der Waals surface area contributed by atoms with E-state index in [1.807, 2.05) is 0 Å². The fraction of sp³-hybridized carbons (Fsp3) is 0.500. The molecule has 7 heteroatoms. The molecule has 0 atom stereocenters. The molecule has 1 saturated heterocycles. The van der Waals surface area contributed by atoms with Crippen molar-refractivity contribution >= 4 is 11.5 Å². The largest absolute Gasteiger partial charge is 0.395 e. The molecule has 1 aliphatic heterocycles. The Bertz CT molecular complexity index is 495. The van der Waals surface area contributed by atoms with E-state index in [1.165, 1.54) is 24.3 Å². The number of benzene rings is 1. The van der Waals surface area contributed by atoms with Crippen LogP contribution >= 0.6 is 0 Å². The summed E-state index contributed by atoms with van der Waals surface area (Å²) in [5.74, 6) is -0.0273. The molecule has 114 valence electrons. The minimum atomic E-state index is -0.478. The number of hydrogen-bond donors (Lipinski definition) is 1. The average Bonchev–Trinajstić information content (AvgIpc) is 2.49. The molecule has 0 saturated carbocycles. The van der Waals surface area contributed by atoms with Gasteiger partial charge in [-0.1, -0.05) is 0 Å². The summed E-state index contributed by atoms with van der Waals surface area (Å²) in [6, 6.07) is 5.71. The van der Waals surface area contributed by atoms with Crippen molar-refractivity contribution in [2.45, 2.75) is 0 Å². The number of nitro benzene ring substituents is 1. The Morgan fingerprint density at radius 3 is 2.24 bits per heavy atom. The van der Waals surface area contributed by atoms with Crippen molar-refractivity contribution in [1.82, 2.24) is 9.80 Å². The zero-order chi connectivity index (χ0) is 15.2. The summed E-state index contributed by atoms with van der Waals surface area (Å²) >= 11 is 0. The number of piperazine rings is 1. The molecular weight excluding hydrogens is 274 g/mol. The van der Waals surface area contributed by atoms with Gasteiger partial charge in [-0.3, -0.25) is 24.7 Å². The van der Waals surface area contributed by atoms with Gasteiger partial charge < -0.3 is 5.11 Å². The van der Waals surface area contributed by atoms with Crippen LogP contribution in [-0.2, 0) is 0 Å². The van der Waals surface area contributed by atoms with Gasteiger partial charge in [0, 0.05) is 50.4 Å². The number of carbonyl (C=O) groups is 1. The number of aliphatic hydroxyl groups excluding tert-OH is 1. The van der Waals surface area contributed by atoms with Gasteiger partial charge in [-0.05, 0) is 12.1 Å². The van der Waals surface area contributed by atoms with Crippen LogP contribution in [0.2, 0.25) is 0 Å². The highest BCUT2D eigenvalue weighted by Gasteiger charge is 2.19. The van der Waals surface area contributed by atoms with Crippen LogP contribution in [-0.4, -0.2) is 71.5 Å². The summed E-state index contributed by atoms with van der Waals surface area (Å²) in [6.45, 7) is 4.41. The molecule has 0 unspecified atom stereocenters. The number of rotatable bonds is 6. The summed E-state index contributed by atoms with van der Waals surface area (Å²) in [6.07, 6.45) is 0. The van der Waals surface area contributed by atoms with Crippen molar-refractivity contribution < 1.29 is 14.8 Å². The highest BCUT2D eigenvalue weighted by Crippen LogP contribution is 2.13. The van der Waals surface area contributed by atoms with E-state index >= 15 is 0 Å². The van der Waals surface area contributed by atoms with Crippen LogP contribution in [0.25, 0.3) is 0 Å². The summed E-state index contributed by atoms with van der Waals surface area (Å²) < 4.78 is 0. The fourth-order valence-electron chi connectivity index (χ4n) is 2.38. The molecule has 2 rings (SSSR count). The third-order valence-corrected chi connectivity index (χ3v) is 3.65. The van der Waals surface area contributed by atoms with Gasteiger partial charge in [-0.25, -0.2) is 0 Å².